The first kappa shape index (κ1) is 21.6. The molecule has 0 aliphatic rings. The number of amides is 1. The summed E-state index contributed by atoms with van der Waals surface area (Å²) in [6, 6.07) is 7.25. The van der Waals surface area contributed by atoms with E-state index >= 15 is 0 Å². The molecular formula is C20H13F4N5O2S. The number of aromatic amines is 1. The summed E-state index contributed by atoms with van der Waals surface area (Å²) in [4.78, 5) is 35.2. The van der Waals surface area contributed by atoms with Crippen LogP contribution in [0.1, 0.15) is 5.56 Å². The van der Waals surface area contributed by atoms with Crippen LogP contribution in [0.2, 0.25) is 0 Å². The number of imidazole rings is 1. The van der Waals surface area contributed by atoms with Crippen LogP contribution in [0.4, 0.5) is 23.2 Å². The number of H-pyrrole nitrogens is 1. The number of halogens is 4. The predicted molar refractivity (Wildman–Crippen MR) is 110 cm³/mol. The van der Waals surface area contributed by atoms with Gasteiger partial charge in [-0.3, -0.25) is 14.2 Å². The Balaban J connectivity index is 1.65. The number of nitrogens with one attached hydrogen (secondary N) is 2. The number of carbonyl (C=O) groups is 1. The summed E-state index contributed by atoms with van der Waals surface area (Å²) in [5.74, 6) is -8.09. The first-order valence-electron chi connectivity index (χ1n) is 9.05. The molecule has 0 bridgehead atoms. The zero-order valence-electron chi connectivity index (χ0n) is 16.2. The molecule has 0 spiro atoms. The number of benzene rings is 2. The van der Waals surface area contributed by atoms with Gasteiger partial charge < -0.3 is 10.3 Å². The Morgan fingerprint density at radius 3 is 2.44 bits per heavy atom. The van der Waals surface area contributed by atoms with Crippen molar-refractivity contribution in [1.29, 1.82) is 0 Å². The van der Waals surface area contributed by atoms with Crippen molar-refractivity contribution >= 4 is 34.5 Å². The second-order valence-corrected chi connectivity index (χ2v) is 7.59. The van der Waals surface area contributed by atoms with Crippen molar-refractivity contribution in [3.05, 3.63) is 75.8 Å². The van der Waals surface area contributed by atoms with Gasteiger partial charge in [0.25, 0.3) is 5.56 Å². The van der Waals surface area contributed by atoms with E-state index in [-0.39, 0.29) is 22.4 Å². The van der Waals surface area contributed by atoms with E-state index in [0.717, 1.165) is 17.3 Å². The Kier molecular flexibility index (Phi) is 5.70. The average molecular weight is 463 g/mol. The fourth-order valence-electron chi connectivity index (χ4n) is 2.90. The van der Waals surface area contributed by atoms with Crippen LogP contribution >= 0.6 is 11.8 Å². The maximum Gasteiger partial charge on any atom is 0.278 e. The van der Waals surface area contributed by atoms with E-state index in [9.17, 15) is 27.2 Å². The lowest BCUT2D eigenvalue weighted by atomic mass is 10.2. The van der Waals surface area contributed by atoms with E-state index in [2.05, 4.69) is 15.0 Å². The van der Waals surface area contributed by atoms with Gasteiger partial charge in [-0.1, -0.05) is 29.5 Å². The van der Waals surface area contributed by atoms with Gasteiger partial charge in [0.2, 0.25) is 5.91 Å². The summed E-state index contributed by atoms with van der Waals surface area (Å²) in [5.41, 5.74) is 0.155. The highest BCUT2D eigenvalue weighted by Gasteiger charge is 2.22. The minimum atomic E-state index is -1.72. The van der Waals surface area contributed by atoms with E-state index in [0.29, 0.717) is 5.69 Å². The van der Waals surface area contributed by atoms with Gasteiger partial charge in [-0.15, -0.1) is 0 Å². The number of nitrogens with zero attached hydrogens (tertiary/aromatic N) is 3. The molecule has 7 nitrogen and oxygen atoms in total. The Labute approximate surface area is 181 Å². The van der Waals surface area contributed by atoms with E-state index in [1.807, 2.05) is 24.4 Å². The lowest BCUT2D eigenvalue weighted by Gasteiger charge is -2.10. The topological polar surface area (TPSA) is 92.7 Å². The number of hydrogen-bond donors (Lipinski definition) is 2. The van der Waals surface area contributed by atoms with Crippen LogP contribution in [0, 0.1) is 30.2 Å². The number of thioether (sulfide) groups is 1. The third-order valence-corrected chi connectivity index (χ3v) is 5.36. The lowest BCUT2D eigenvalue weighted by Crippen LogP contribution is -2.18. The molecule has 0 atom stereocenters. The standard InChI is InChI=1S/C20H13F4N5O2S/c1-9-2-4-10(5-3-9)29-18-17(19(31)26-8-25-18)28-20(29)32-7-13(30)27-16-14(23)11(21)6-12(22)15(16)24/h2-6,8H,7H2,1H3,(H,27,30)(H,25,26,31). The van der Waals surface area contributed by atoms with Crippen LogP contribution in [0.5, 0.6) is 0 Å². The smallest absolute Gasteiger partial charge is 0.278 e. The molecule has 2 aromatic carbocycles. The molecule has 0 unspecified atom stereocenters. The minimum Gasteiger partial charge on any atom is -0.320 e. The molecule has 0 aliphatic carbocycles. The van der Waals surface area contributed by atoms with E-state index in [1.54, 1.807) is 16.7 Å². The van der Waals surface area contributed by atoms with Gasteiger partial charge in [-0.05, 0) is 19.1 Å². The zero-order chi connectivity index (χ0) is 23.0. The fraction of sp³-hybridized carbons (Fsp3) is 0.100. The van der Waals surface area contributed by atoms with Gasteiger partial charge in [0.1, 0.15) is 5.69 Å². The zero-order valence-corrected chi connectivity index (χ0v) is 17.1. The molecule has 0 aliphatic heterocycles. The van der Waals surface area contributed by atoms with Crippen molar-refractivity contribution in [1.82, 2.24) is 19.5 Å². The molecule has 164 valence electrons. The van der Waals surface area contributed by atoms with Gasteiger partial charge in [-0.25, -0.2) is 27.5 Å². The molecule has 0 radical (unpaired) electrons. The molecule has 32 heavy (non-hydrogen) atoms. The van der Waals surface area contributed by atoms with Crippen LogP contribution < -0.4 is 10.9 Å². The Morgan fingerprint density at radius 1 is 1.12 bits per heavy atom. The number of hydrogen-bond acceptors (Lipinski definition) is 5. The molecular weight excluding hydrogens is 450 g/mol. The van der Waals surface area contributed by atoms with Crippen molar-refractivity contribution in [2.24, 2.45) is 0 Å². The number of rotatable bonds is 5. The van der Waals surface area contributed by atoms with Crippen LogP contribution in [0.25, 0.3) is 16.9 Å². The Bertz CT molecular complexity index is 1380. The molecule has 0 saturated heterocycles. The highest BCUT2D eigenvalue weighted by molar-refractivity contribution is 7.99. The first-order chi connectivity index (χ1) is 15.3. The van der Waals surface area contributed by atoms with Crippen molar-refractivity contribution in [2.75, 3.05) is 11.1 Å². The van der Waals surface area contributed by atoms with Crippen molar-refractivity contribution in [2.45, 2.75) is 12.1 Å². The second-order valence-electron chi connectivity index (χ2n) is 6.65. The number of carbonyl (C=O) groups excluding carboxylic acids is 1. The fourth-order valence-corrected chi connectivity index (χ4v) is 3.70. The molecule has 2 N–H and O–H groups in total. The third-order valence-electron chi connectivity index (χ3n) is 4.42. The van der Waals surface area contributed by atoms with Crippen molar-refractivity contribution in [3.63, 3.8) is 0 Å². The summed E-state index contributed by atoms with van der Waals surface area (Å²) in [6.07, 6.45) is 1.21. The Hall–Kier alpha value is -3.67. The van der Waals surface area contributed by atoms with Crippen LogP contribution in [-0.4, -0.2) is 31.2 Å². The van der Waals surface area contributed by atoms with Gasteiger partial charge in [0.15, 0.2) is 39.6 Å². The van der Waals surface area contributed by atoms with E-state index in [1.165, 1.54) is 6.33 Å². The summed E-state index contributed by atoms with van der Waals surface area (Å²) in [7, 11) is 0. The molecule has 12 heteroatoms. The molecule has 2 aromatic heterocycles. The van der Waals surface area contributed by atoms with Crippen LogP contribution in [0.3, 0.4) is 0 Å². The molecule has 1 amide bonds. The highest BCUT2D eigenvalue weighted by atomic mass is 32.2. The van der Waals surface area contributed by atoms with E-state index < -0.39 is 46.2 Å². The first-order valence-corrected chi connectivity index (χ1v) is 10.0. The normalized spacial score (nSPS) is 11.2. The predicted octanol–water partition coefficient (Wildman–Crippen LogP) is 3.70. The molecule has 0 saturated carbocycles. The molecule has 4 aromatic rings. The monoisotopic (exact) mass is 463 g/mol. The number of anilines is 1. The van der Waals surface area contributed by atoms with Gasteiger partial charge in [0, 0.05) is 11.8 Å². The maximum absolute atomic E-state index is 13.8. The van der Waals surface area contributed by atoms with Gasteiger partial charge in [0.05, 0.1) is 12.1 Å². The summed E-state index contributed by atoms with van der Waals surface area (Å²) in [6.45, 7) is 1.90. The molecule has 4 rings (SSSR count). The largest absolute Gasteiger partial charge is 0.320 e. The van der Waals surface area contributed by atoms with Gasteiger partial charge in [-0.2, -0.15) is 0 Å². The quantitative estimate of drug-likeness (QED) is 0.268. The number of aryl methyl sites for hydroxylation is 1. The second kappa shape index (κ2) is 8.46. The molecule has 2 heterocycles. The average Bonchev–Trinajstić information content (AvgIpc) is 3.14. The number of fused-ring (bicyclic) bond motifs is 1. The SMILES string of the molecule is Cc1ccc(-n2c(SCC(=O)Nc3c(F)c(F)cc(F)c3F)nc3c(=O)[nH]cnc32)cc1. The van der Waals surface area contributed by atoms with Crippen LogP contribution in [0.15, 0.2) is 46.6 Å². The molecule has 0 fully saturated rings. The maximum atomic E-state index is 13.8. The Morgan fingerprint density at radius 2 is 1.78 bits per heavy atom. The van der Waals surface area contributed by atoms with Crippen molar-refractivity contribution < 1.29 is 22.4 Å². The number of aromatic nitrogens is 4. The summed E-state index contributed by atoms with van der Waals surface area (Å²) in [5, 5.41) is 2.04. The van der Waals surface area contributed by atoms with Crippen LogP contribution in [-0.2, 0) is 4.79 Å². The van der Waals surface area contributed by atoms with E-state index in [4.69, 9.17) is 0 Å². The van der Waals surface area contributed by atoms with Crippen molar-refractivity contribution in [3.8, 4) is 5.69 Å². The minimum absolute atomic E-state index is 0.0280. The summed E-state index contributed by atoms with van der Waals surface area (Å²) < 4.78 is 55.9. The summed E-state index contributed by atoms with van der Waals surface area (Å²) >= 11 is 0.843. The highest BCUT2D eigenvalue weighted by Crippen LogP contribution is 2.27. The van der Waals surface area contributed by atoms with Gasteiger partial charge >= 0.3 is 0 Å². The third kappa shape index (κ3) is 3.96. The lowest BCUT2D eigenvalue weighted by molar-refractivity contribution is -0.113.